The number of nitrogens with two attached hydrogens (primary N) is 1. The van der Waals surface area contributed by atoms with E-state index >= 15 is 0 Å². The van der Waals surface area contributed by atoms with Crippen molar-refractivity contribution in [2.45, 2.75) is 25.9 Å². The number of rotatable bonds is 7. The molecule has 0 aliphatic heterocycles. The van der Waals surface area contributed by atoms with Crippen molar-refractivity contribution in [3.63, 3.8) is 0 Å². The maximum absolute atomic E-state index is 10.1. The van der Waals surface area contributed by atoms with E-state index in [2.05, 4.69) is 20.7 Å². The van der Waals surface area contributed by atoms with Gasteiger partial charge in [-0.2, -0.15) is 0 Å². The number of methoxy groups -OCH3 is 1. The summed E-state index contributed by atoms with van der Waals surface area (Å²) >= 11 is 0. The maximum atomic E-state index is 10.1. The lowest BCUT2D eigenvalue weighted by atomic mass is 10.0. The van der Waals surface area contributed by atoms with E-state index in [1.54, 1.807) is 14.0 Å². The molecule has 7 nitrogen and oxygen atoms in total. The highest BCUT2D eigenvalue weighted by molar-refractivity contribution is 5.55. The van der Waals surface area contributed by atoms with Crippen LogP contribution >= 0.6 is 0 Å². The molecule has 0 bridgehead atoms. The summed E-state index contributed by atoms with van der Waals surface area (Å²) in [6, 6.07) is 0. The Balaban J connectivity index is 2.63. The minimum atomic E-state index is -0.857. The maximum Gasteiger partial charge on any atom is 0.148 e. The molecule has 1 atom stereocenters. The van der Waals surface area contributed by atoms with E-state index in [-0.39, 0.29) is 0 Å². The fraction of sp³-hybridized carbons (Fsp3) is 0.636. The van der Waals surface area contributed by atoms with Crippen LogP contribution in [0, 0.1) is 6.92 Å². The zero-order valence-corrected chi connectivity index (χ0v) is 11.0. The van der Waals surface area contributed by atoms with Crippen LogP contribution in [0.4, 0.5) is 11.6 Å². The van der Waals surface area contributed by atoms with Crippen molar-refractivity contribution >= 4 is 11.6 Å². The Morgan fingerprint density at radius 2 is 2.11 bits per heavy atom. The van der Waals surface area contributed by atoms with Crippen LogP contribution < -0.4 is 16.6 Å². The number of hydrazine groups is 1. The highest BCUT2D eigenvalue weighted by atomic mass is 16.5. The number of aliphatic hydroxyl groups is 1. The van der Waals surface area contributed by atoms with Gasteiger partial charge in [0.2, 0.25) is 0 Å². The molecular formula is C11H21N5O2. The SMILES string of the molecule is COCCC(C)(O)CNc1ncnc(NN)c1C. The summed E-state index contributed by atoms with van der Waals surface area (Å²) in [6.45, 7) is 4.48. The van der Waals surface area contributed by atoms with Crippen molar-refractivity contribution in [2.75, 3.05) is 31.0 Å². The van der Waals surface area contributed by atoms with Gasteiger partial charge in [0.1, 0.15) is 18.0 Å². The summed E-state index contributed by atoms with van der Waals surface area (Å²) in [5.74, 6) is 6.54. The van der Waals surface area contributed by atoms with E-state index in [1.165, 1.54) is 6.33 Å². The van der Waals surface area contributed by atoms with Crippen molar-refractivity contribution in [1.82, 2.24) is 9.97 Å². The average Bonchev–Trinajstić information content (AvgIpc) is 2.35. The van der Waals surface area contributed by atoms with E-state index in [0.29, 0.717) is 31.2 Å². The fourth-order valence-electron chi connectivity index (χ4n) is 1.46. The van der Waals surface area contributed by atoms with Gasteiger partial charge < -0.3 is 20.6 Å². The fourth-order valence-corrected chi connectivity index (χ4v) is 1.46. The van der Waals surface area contributed by atoms with Crippen LogP contribution in [0.3, 0.4) is 0 Å². The third-order valence-electron chi connectivity index (χ3n) is 2.70. The standard InChI is InChI=1S/C11H21N5O2/c1-8-9(14-7-15-10(8)16-12)13-6-11(2,17)4-5-18-3/h7,17H,4-6,12H2,1-3H3,(H2,13,14,15,16). The molecule has 1 rings (SSSR count). The predicted molar refractivity (Wildman–Crippen MR) is 70.2 cm³/mol. The molecule has 0 aliphatic carbocycles. The second-order valence-corrected chi connectivity index (χ2v) is 4.43. The highest BCUT2D eigenvalue weighted by Crippen LogP contribution is 2.18. The van der Waals surface area contributed by atoms with E-state index in [4.69, 9.17) is 10.6 Å². The average molecular weight is 255 g/mol. The first-order valence-corrected chi connectivity index (χ1v) is 5.73. The van der Waals surface area contributed by atoms with Gasteiger partial charge >= 0.3 is 0 Å². The first-order valence-electron chi connectivity index (χ1n) is 5.73. The van der Waals surface area contributed by atoms with Crippen molar-refractivity contribution in [1.29, 1.82) is 0 Å². The van der Waals surface area contributed by atoms with Crippen molar-refractivity contribution in [3.8, 4) is 0 Å². The number of ether oxygens (including phenoxy) is 1. The Morgan fingerprint density at radius 3 is 2.72 bits per heavy atom. The van der Waals surface area contributed by atoms with Gasteiger partial charge in [-0.3, -0.25) is 0 Å². The molecule has 1 aromatic heterocycles. The molecule has 0 saturated carbocycles. The van der Waals surface area contributed by atoms with E-state index in [1.807, 2.05) is 6.92 Å². The molecule has 0 amide bonds. The lowest BCUT2D eigenvalue weighted by Gasteiger charge is -2.24. The smallest absolute Gasteiger partial charge is 0.148 e. The topological polar surface area (TPSA) is 105 Å². The number of nitrogens with one attached hydrogen (secondary N) is 2. The summed E-state index contributed by atoms with van der Waals surface area (Å²) in [5.41, 5.74) is 2.44. The first kappa shape index (κ1) is 14.6. The zero-order valence-electron chi connectivity index (χ0n) is 11.0. The molecule has 5 N–H and O–H groups in total. The quantitative estimate of drug-likeness (QED) is 0.409. The third kappa shape index (κ3) is 4.10. The number of aromatic nitrogens is 2. The largest absolute Gasteiger partial charge is 0.388 e. The molecule has 0 radical (unpaired) electrons. The number of nitrogens with zero attached hydrogens (tertiary/aromatic N) is 2. The molecule has 7 heteroatoms. The van der Waals surface area contributed by atoms with E-state index in [9.17, 15) is 5.11 Å². The molecule has 0 saturated heterocycles. The lowest BCUT2D eigenvalue weighted by molar-refractivity contribution is 0.0357. The molecular weight excluding hydrogens is 234 g/mol. The van der Waals surface area contributed by atoms with Gasteiger partial charge in [0.15, 0.2) is 0 Å². The Morgan fingerprint density at radius 1 is 1.44 bits per heavy atom. The van der Waals surface area contributed by atoms with Gasteiger partial charge in [0, 0.05) is 32.2 Å². The van der Waals surface area contributed by atoms with E-state index in [0.717, 1.165) is 5.56 Å². The molecule has 0 aliphatic rings. The van der Waals surface area contributed by atoms with Gasteiger partial charge in [0.05, 0.1) is 5.60 Å². The number of hydrogen-bond donors (Lipinski definition) is 4. The summed E-state index contributed by atoms with van der Waals surface area (Å²) in [6.07, 6.45) is 1.96. The van der Waals surface area contributed by atoms with Crippen molar-refractivity contribution in [2.24, 2.45) is 5.84 Å². The first-order chi connectivity index (χ1) is 8.50. The van der Waals surface area contributed by atoms with Gasteiger partial charge in [-0.25, -0.2) is 15.8 Å². The van der Waals surface area contributed by atoms with Crippen molar-refractivity contribution in [3.05, 3.63) is 11.9 Å². The molecule has 0 fully saturated rings. The minimum absolute atomic E-state index is 0.373. The molecule has 1 heterocycles. The van der Waals surface area contributed by atoms with Gasteiger partial charge in [-0.15, -0.1) is 0 Å². The molecule has 18 heavy (non-hydrogen) atoms. The monoisotopic (exact) mass is 255 g/mol. The summed E-state index contributed by atoms with van der Waals surface area (Å²) in [4.78, 5) is 8.09. The van der Waals surface area contributed by atoms with Crippen molar-refractivity contribution < 1.29 is 9.84 Å². The van der Waals surface area contributed by atoms with Crippen LogP contribution in [-0.4, -0.2) is 40.9 Å². The van der Waals surface area contributed by atoms with Crippen LogP contribution in [0.15, 0.2) is 6.33 Å². The summed E-state index contributed by atoms with van der Waals surface area (Å²) in [5, 5.41) is 13.2. The number of nitrogen functional groups attached to an aromatic ring is 1. The van der Waals surface area contributed by atoms with Crippen LogP contribution in [-0.2, 0) is 4.74 Å². The van der Waals surface area contributed by atoms with E-state index < -0.39 is 5.60 Å². The van der Waals surface area contributed by atoms with Crippen LogP contribution in [0.25, 0.3) is 0 Å². The summed E-state index contributed by atoms with van der Waals surface area (Å²) in [7, 11) is 1.61. The molecule has 1 aromatic rings. The normalized spacial score (nSPS) is 14.1. The Bertz CT molecular complexity index is 384. The molecule has 102 valence electrons. The predicted octanol–water partition coefficient (Wildman–Crippen LogP) is 0.270. The van der Waals surface area contributed by atoms with Crippen LogP contribution in [0.2, 0.25) is 0 Å². The minimum Gasteiger partial charge on any atom is -0.388 e. The third-order valence-corrected chi connectivity index (χ3v) is 2.70. The Kier molecular flexibility index (Phi) is 5.26. The molecule has 0 aromatic carbocycles. The Labute approximate surface area is 107 Å². The second kappa shape index (κ2) is 6.48. The van der Waals surface area contributed by atoms with Gasteiger partial charge in [-0.1, -0.05) is 0 Å². The number of anilines is 2. The second-order valence-electron chi connectivity index (χ2n) is 4.43. The molecule has 1 unspecified atom stereocenters. The van der Waals surface area contributed by atoms with Crippen LogP contribution in [0.5, 0.6) is 0 Å². The Hall–Kier alpha value is -1.44. The number of hydrogen-bond acceptors (Lipinski definition) is 7. The van der Waals surface area contributed by atoms with Crippen LogP contribution in [0.1, 0.15) is 18.9 Å². The van der Waals surface area contributed by atoms with Gasteiger partial charge in [-0.05, 0) is 13.8 Å². The zero-order chi connectivity index (χ0) is 13.6. The molecule has 0 spiro atoms. The highest BCUT2D eigenvalue weighted by Gasteiger charge is 2.20. The summed E-state index contributed by atoms with van der Waals surface area (Å²) < 4.78 is 4.95. The van der Waals surface area contributed by atoms with Gasteiger partial charge in [0.25, 0.3) is 0 Å². The lowest BCUT2D eigenvalue weighted by Crippen LogP contribution is -2.35.